The van der Waals surface area contributed by atoms with Crippen molar-refractivity contribution in [1.82, 2.24) is 9.80 Å². The maximum atomic E-state index is 12.9. The van der Waals surface area contributed by atoms with E-state index in [0.717, 1.165) is 56.6 Å². The van der Waals surface area contributed by atoms with Crippen molar-refractivity contribution in [3.05, 3.63) is 65.5 Å². The number of amides is 2. The molecule has 1 fully saturated rings. The van der Waals surface area contributed by atoms with Gasteiger partial charge in [-0.1, -0.05) is 18.2 Å². The lowest BCUT2D eigenvalue weighted by molar-refractivity contribution is -0.137. The normalized spacial score (nSPS) is 15.3. The van der Waals surface area contributed by atoms with Crippen LogP contribution in [-0.4, -0.2) is 48.6 Å². The van der Waals surface area contributed by atoms with Crippen LogP contribution in [0.3, 0.4) is 0 Å². The highest BCUT2D eigenvalue weighted by Crippen LogP contribution is 2.30. The summed E-state index contributed by atoms with van der Waals surface area (Å²) in [5.41, 5.74) is 0.469. The van der Waals surface area contributed by atoms with Crippen LogP contribution >= 0.6 is 0 Å². The summed E-state index contributed by atoms with van der Waals surface area (Å²) in [6, 6.07) is 10.8. The van der Waals surface area contributed by atoms with E-state index in [1.165, 1.54) is 24.3 Å². The van der Waals surface area contributed by atoms with E-state index < -0.39 is 11.7 Å². The van der Waals surface area contributed by atoms with Crippen molar-refractivity contribution in [1.29, 1.82) is 0 Å². The zero-order chi connectivity index (χ0) is 21.6. The molecular formula is C22H25F4N3O. The molecule has 2 aromatic carbocycles. The van der Waals surface area contributed by atoms with Crippen molar-refractivity contribution in [2.75, 3.05) is 38.0 Å². The minimum absolute atomic E-state index is 0.137. The van der Waals surface area contributed by atoms with Crippen LogP contribution in [0.5, 0.6) is 0 Å². The van der Waals surface area contributed by atoms with E-state index in [9.17, 15) is 22.4 Å². The molecule has 1 N–H and O–H groups in total. The highest BCUT2D eigenvalue weighted by atomic mass is 19.4. The van der Waals surface area contributed by atoms with Gasteiger partial charge in [0, 0.05) is 31.9 Å². The van der Waals surface area contributed by atoms with Gasteiger partial charge in [-0.2, -0.15) is 13.2 Å². The highest BCUT2D eigenvalue weighted by molar-refractivity contribution is 5.89. The molecule has 8 heteroatoms. The van der Waals surface area contributed by atoms with Crippen molar-refractivity contribution in [3.63, 3.8) is 0 Å². The van der Waals surface area contributed by atoms with E-state index >= 15 is 0 Å². The number of rotatable bonds is 6. The fourth-order valence-corrected chi connectivity index (χ4v) is 3.47. The van der Waals surface area contributed by atoms with Gasteiger partial charge in [-0.15, -0.1) is 0 Å². The number of nitrogens with one attached hydrogen (secondary N) is 1. The first-order chi connectivity index (χ1) is 14.3. The molecule has 1 aliphatic rings. The molecule has 162 valence electrons. The number of anilines is 1. The lowest BCUT2D eigenvalue weighted by Crippen LogP contribution is -2.50. The summed E-state index contributed by atoms with van der Waals surface area (Å²) in [7, 11) is 0. The molecule has 0 atom stereocenters. The maximum Gasteiger partial charge on any atom is 0.416 e. The standard InChI is InChI=1S/C22H25F4N3O/c23-19-9-7-17(8-10-19)4-1-2-11-28-12-14-29(15-13-28)21(30)27-20-6-3-5-18(16-20)22(24,25)26/h3,5-10,16H,1-2,4,11-15H2,(H,27,30). The van der Waals surface area contributed by atoms with Crippen molar-refractivity contribution in [2.45, 2.75) is 25.4 Å². The van der Waals surface area contributed by atoms with Crippen molar-refractivity contribution in [2.24, 2.45) is 0 Å². The molecule has 1 saturated heterocycles. The molecule has 0 aliphatic carbocycles. The van der Waals surface area contributed by atoms with E-state index in [1.54, 1.807) is 17.0 Å². The van der Waals surface area contributed by atoms with Crippen LogP contribution < -0.4 is 5.32 Å². The highest BCUT2D eigenvalue weighted by Gasteiger charge is 2.30. The third-order valence-corrected chi connectivity index (χ3v) is 5.20. The van der Waals surface area contributed by atoms with E-state index in [2.05, 4.69) is 10.2 Å². The average molecular weight is 423 g/mol. The number of alkyl halides is 3. The number of urea groups is 1. The second kappa shape index (κ2) is 9.93. The predicted molar refractivity (Wildman–Crippen MR) is 108 cm³/mol. The number of unbranched alkanes of at least 4 members (excludes halogenated alkanes) is 1. The lowest BCUT2D eigenvalue weighted by Gasteiger charge is -2.34. The second-order valence-electron chi connectivity index (χ2n) is 7.42. The van der Waals surface area contributed by atoms with Crippen LogP contribution in [0.25, 0.3) is 0 Å². The van der Waals surface area contributed by atoms with Gasteiger partial charge in [0.25, 0.3) is 0 Å². The summed E-state index contributed by atoms with van der Waals surface area (Å²) >= 11 is 0. The van der Waals surface area contributed by atoms with E-state index in [-0.39, 0.29) is 17.5 Å². The lowest BCUT2D eigenvalue weighted by atomic mass is 10.1. The molecule has 0 unspecified atom stereocenters. The Kier molecular flexibility index (Phi) is 7.31. The zero-order valence-corrected chi connectivity index (χ0v) is 16.6. The van der Waals surface area contributed by atoms with Gasteiger partial charge in [-0.3, -0.25) is 4.90 Å². The van der Waals surface area contributed by atoms with Crippen LogP contribution in [-0.2, 0) is 12.6 Å². The molecular weight excluding hydrogens is 398 g/mol. The van der Waals surface area contributed by atoms with Crippen molar-refractivity contribution < 1.29 is 22.4 Å². The molecule has 0 radical (unpaired) electrons. The minimum atomic E-state index is -4.44. The molecule has 4 nitrogen and oxygen atoms in total. The number of hydrogen-bond acceptors (Lipinski definition) is 2. The van der Waals surface area contributed by atoms with Gasteiger partial charge in [0.2, 0.25) is 0 Å². The number of piperazine rings is 1. The van der Waals surface area contributed by atoms with Crippen LogP contribution in [0.15, 0.2) is 48.5 Å². The third-order valence-electron chi connectivity index (χ3n) is 5.20. The summed E-state index contributed by atoms with van der Waals surface area (Å²) in [4.78, 5) is 16.3. The molecule has 30 heavy (non-hydrogen) atoms. The van der Waals surface area contributed by atoms with Gasteiger partial charge in [0.15, 0.2) is 0 Å². The fourth-order valence-electron chi connectivity index (χ4n) is 3.47. The molecule has 3 rings (SSSR count). The van der Waals surface area contributed by atoms with Crippen LogP contribution in [0.2, 0.25) is 0 Å². The monoisotopic (exact) mass is 423 g/mol. The van der Waals surface area contributed by atoms with E-state index in [4.69, 9.17) is 0 Å². The Labute approximate surface area is 173 Å². The molecule has 1 heterocycles. The molecule has 2 aromatic rings. The molecule has 2 amide bonds. The van der Waals surface area contributed by atoms with Gasteiger partial charge in [0.05, 0.1) is 5.56 Å². The Bertz CT molecular complexity index is 831. The summed E-state index contributed by atoms with van der Waals surface area (Å²) in [6.07, 6.45) is -1.53. The zero-order valence-electron chi connectivity index (χ0n) is 16.6. The summed E-state index contributed by atoms with van der Waals surface area (Å²) in [5.74, 6) is -0.228. The SMILES string of the molecule is O=C(Nc1cccc(C(F)(F)F)c1)N1CCN(CCCCc2ccc(F)cc2)CC1. The van der Waals surface area contributed by atoms with Gasteiger partial charge >= 0.3 is 12.2 Å². The van der Waals surface area contributed by atoms with Gasteiger partial charge in [-0.25, -0.2) is 9.18 Å². The molecule has 1 aliphatic heterocycles. The first-order valence-corrected chi connectivity index (χ1v) is 10.0. The largest absolute Gasteiger partial charge is 0.416 e. The minimum Gasteiger partial charge on any atom is -0.322 e. The van der Waals surface area contributed by atoms with Crippen molar-refractivity contribution in [3.8, 4) is 0 Å². The Morgan fingerprint density at radius 3 is 2.33 bits per heavy atom. The Hall–Kier alpha value is -2.61. The van der Waals surface area contributed by atoms with Crippen LogP contribution in [0.4, 0.5) is 28.0 Å². The number of nitrogens with zero attached hydrogens (tertiary/aromatic N) is 2. The smallest absolute Gasteiger partial charge is 0.322 e. The Morgan fingerprint density at radius 1 is 0.967 bits per heavy atom. The fraction of sp³-hybridized carbons (Fsp3) is 0.409. The van der Waals surface area contributed by atoms with Crippen LogP contribution in [0, 0.1) is 5.82 Å². The Balaban J connectivity index is 1.37. The number of benzene rings is 2. The number of carbonyl (C=O) groups excluding carboxylic acids is 1. The first-order valence-electron chi connectivity index (χ1n) is 10.0. The van der Waals surface area contributed by atoms with Gasteiger partial charge < -0.3 is 10.2 Å². The predicted octanol–water partition coefficient (Wildman–Crippen LogP) is 5.02. The average Bonchev–Trinajstić information content (AvgIpc) is 2.72. The number of hydrogen-bond donors (Lipinski definition) is 1. The number of aryl methyl sites for hydroxylation is 1. The van der Waals surface area contributed by atoms with Gasteiger partial charge in [-0.05, 0) is 61.7 Å². The molecule has 0 aromatic heterocycles. The molecule has 0 bridgehead atoms. The summed E-state index contributed by atoms with van der Waals surface area (Å²) in [5, 5.41) is 2.56. The number of carbonyl (C=O) groups is 1. The Morgan fingerprint density at radius 2 is 1.67 bits per heavy atom. The van der Waals surface area contributed by atoms with Gasteiger partial charge in [0.1, 0.15) is 5.82 Å². The number of halogens is 4. The van der Waals surface area contributed by atoms with Crippen LogP contribution in [0.1, 0.15) is 24.0 Å². The third kappa shape index (κ3) is 6.45. The summed E-state index contributed by atoms with van der Waals surface area (Å²) in [6.45, 7) is 3.44. The maximum absolute atomic E-state index is 12.9. The summed E-state index contributed by atoms with van der Waals surface area (Å²) < 4.78 is 51.3. The topological polar surface area (TPSA) is 35.6 Å². The molecule has 0 saturated carbocycles. The quantitative estimate of drug-likeness (QED) is 0.523. The van der Waals surface area contributed by atoms with E-state index in [1.807, 2.05) is 0 Å². The second-order valence-corrected chi connectivity index (χ2v) is 7.42. The molecule has 0 spiro atoms. The first kappa shape index (κ1) is 22.1. The van der Waals surface area contributed by atoms with Crippen molar-refractivity contribution >= 4 is 11.7 Å². The van der Waals surface area contributed by atoms with E-state index in [0.29, 0.717) is 13.1 Å².